The molecule has 2 heterocycles. The van der Waals surface area contributed by atoms with Gasteiger partial charge in [0.1, 0.15) is 5.82 Å². The summed E-state index contributed by atoms with van der Waals surface area (Å²) in [6.45, 7) is -0.0600. The molecule has 1 aromatic carbocycles. The summed E-state index contributed by atoms with van der Waals surface area (Å²) < 4.78 is 13.0. The van der Waals surface area contributed by atoms with Gasteiger partial charge in [-0.15, -0.1) is 0 Å². The molecule has 138 valence electrons. The second kappa shape index (κ2) is 6.75. The third kappa shape index (κ3) is 3.35. The van der Waals surface area contributed by atoms with Gasteiger partial charge in [0.05, 0.1) is 18.4 Å². The molecule has 0 spiro atoms. The van der Waals surface area contributed by atoms with Crippen LogP contribution in [0.15, 0.2) is 36.4 Å². The molecule has 1 fully saturated rings. The third-order valence-corrected chi connectivity index (χ3v) is 4.70. The molecule has 8 nitrogen and oxygen atoms in total. The van der Waals surface area contributed by atoms with Crippen molar-refractivity contribution in [2.24, 2.45) is 11.8 Å². The average Bonchev–Trinajstić information content (AvgIpc) is 2.89. The zero-order valence-electron chi connectivity index (χ0n) is 14.3. The number of aromatic nitrogens is 3. The fourth-order valence-electron chi connectivity index (χ4n) is 3.39. The number of likely N-dealkylation sites (tertiary alicyclic amines) is 1. The highest BCUT2D eigenvalue weighted by atomic mass is 19.1. The number of amides is 2. The van der Waals surface area contributed by atoms with Gasteiger partial charge in [0.25, 0.3) is 0 Å². The molecule has 0 radical (unpaired) electrons. The maximum atomic E-state index is 13.0. The molecule has 3 N–H and O–H groups in total. The highest BCUT2D eigenvalue weighted by molar-refractivity contribution is 6.05. The van der Waals surface area contributed by atoms with E-state index >= 15 is 0 Å². The van der Waals surface area contributed by atoms with Crippen molar-refractivity contribution in [1.29, 1.82) is 0 Å². The first-order valence-corrected chi connectivity index (χ1v) is 8.54. The van der Waals surface area contributed by atoms with E-state index in [2.05, 4.69) is 20.3 Å². The van der Waals surface area contributed by atoms with Gasteiger partial charge >= 0.3 is 0 Å². The number of halogens is 1. The zero-order chi connectivity index (χ0) is 19.0. The highest BCUT2D eigenvalue weighted by Gasteiger charge is 2.47. The van der Waals surface area contributed by atoms with E-state index < -0.39 is 0 Å². The van der Waals surface area contributed by atoms with Crippen LogP contribution in [0.25, 0.3) is 0 Å². The number of allylic oxidation sites excluding steroid dienone is 2. The summed E-state index contributed by atoms with van der Waals surface area (Å²) in [7, 11) is 0. The number of carbonyl (C=O) groups is 2. The average molecular weight is 368 g/mol. The Kier molecular flexibility index (Phi) is 4.27. The van der Waals surface area contributed by atoms with E-state index in [0.29, 0.717) is 18.5 Å². The fourth-order valence-corrected chi connectivity index (χ4v) is 3.39. The van der Waals surface area contributed by atoms with Crippen LogP contribution in [0.5, 0.6) is 0 Å². The summed E-state index contributed by atoms with van der Waals surface area (Å²) in [5.74, 6) is -1.07. The molecule has 0 unspecified atom stereocenters. The maximum absolute atomic E-state index is 13.0. The quantitative estimate of drug-likeness (QED) is 0.624. The largest absolute Gasteiger partial charge is 0.368 e. The summed E-state index contributed by atoms with van der Waals surface area (Å²) in [6, 6.07) is 5.65. The number of rotatable bonds is 4. The van der Waals surface area contributed by atoms with Gasteiger partial charge in [-0.2, -0.15) is 15.0 Å². The Balaban J connectivity index is 1.54. The lowest BCUT2D eigenvalue weighted by molar-refractivity contribution is -0.140. The maximum Gasteiger partial charge on any atom is 0.233 e. The number of nitrogens with one attached hydrogen (secondary N) is 1. The third-order valence-electron chi connectivity index (χ3n) is 4.70. The van der Waals surface area contributed by atoms with E-state index in [1.54, 1.807) is 0 Å². The number of hydrogen-bond acceptors (Lipinski definition) is 7. The van der Waals surface area contributed by atoms with Gasteiger partial charge in [0.2, 0.25) is 23.7 Å². The molecule has 2 atom stereocenters. The summed E-state index contributed by atoms with van der Waals surface area (Å²) in [4.78, 5) is 38.6. The van der Waals surface area contributed by atoms with E-state index in [0.717, 1.165) is 0 Å². The number of nitrogen functional groups attached to an aromatic ring is 1. The smallest absolute Gasteiger partial charge is 0.233 e. The number of carbonyl (C=O) groups excluding carboxylic acids is 2. The minimum absolute atomic E-state index is 0.0391. The summed E-state index contributed by atoms with van der Waals surface area (Å²) in [6.07, 6.45) is 5.01. The van der Waals surface area contributed by atoms with Crippen molar-refractivity contribution >= 4 is 29.4 Å². The number of nitrogens with two attached hydrogens (primary N) is 1. The first-order chi connectivity index (χ1) is 13.0. The molecule has 2 amide bonds. The highest BCUT2D eigenvalue weighted by Crippen LogP contribution is 2.35. The molecule has 1 saturated heterocycles. The number of hydrogen-bond donors (Lipinski definition) is 2. The van der Waals surface area contributed by atoms with Crippen LogP contribution in [0.2, 0.25) is 0 Å². The first kappa shape index (κ1) is 17.1. The van der Waals surface area contributed by atoms with Crippen molar-refractivity contribution in [3.63, 3.8) is 0 Å². The minimum atomic E-state index is -0.363. The van der Waals surface area contributed by atoms with Crippen molar-refractivity contribution in [1.82, 2.24) is 19.9 Å². The normalized spacial score (nSPS) is 21.4. The Bertz CT molecular complexity index is 904. The van der Waals surface area contributed by atoms with Crippen molar-refractivity contribution in [3.05, 3.63) is 48.1 Å². The monoisotopic (exact) mass is 368 g/mol. The standard InChI is InChI=1S/C18H17FN6O2/c19-10-5-7-11(8-6-10)21-18-23-14(22-17(20)24-18)9-25-15(26)12-3-1-2-4-13(12)16(25)27/h1-2,5-8,12-13H,3-4,9H2,(H3,20,21,22,23,24)/t12-,13+. The predicted octanol–water partition coefficient (Wildman–Crippen LogP) is 1.79. The molecule has 27 heavy (non-hydrogen) atoms. The van der Waals surface area contributed by atoms with Crippen LogP contribution in [0.3, 0.4) is 0 Å². The first-order valence-electron chi connectivity index (χ1n) is 8.54. The summed E-state index contributed by atoms with van der Waals surface area (Å²) in [5, 5.41) is 2.90. The van der Waals surface area contributed by atoms with E-state index in [-0.39, 0.29) is 53.7 Å². The lowest BCUT2D eigenvalue weighted by Crippen LogP contribution is -2.31. The number of nitrogens with zero attached hydrogens (tertiary/aromatic N) is 4. The lowest BCUT2D eigenvalue weighted by atomic mass is 9.85. The molecule has 1 aliphatic heterocycles. The number of anilines is 3. The topological polar surface area (TPSA) is 114 Å². The Morgan fingerprint density at radius 2 is 1.67 bits per heavy atom. The Morgan fingerprint density at radius 1 is 1.04 bits per heavy atom. The van der Waals surface area contributed by atoms with Crippen molar-refractivity contribution in [2.45, 2.75) is 19.4 Å². The van der Waals surface area contributed by atoms with Gasteiger partial charge < -0.3 is 11.1 Å². The molecule has 0 bridgehead atoms. The van der Waals surface area contributed by atoms with E-state index in [1.807, 2.05) is 12.2 Å². The number of fused-ring (bicyclic) bond motifs is 1. The van der Waals surface area contributed by atoms with Crippen LogP contribution < -0.4 is 11.1 Å². The molecule has 1 aliphatic carbocycles. The molecule has 4 rings (SSSR count). The molecule has 0 saturated carbocycles. The molecule has 2 aliphatic rings. The molecule has 9 heteroatoms. The summed E-state index contributed by atoms with van der Waals surface area (Å²) in [5.41, 5.74) is 6.31. The Labute approximate surface area is 154 Å². The molecule has 2 aromatic rings. The van der Waals surface area contributed by atoms with Gasteiger partial charge in [-0.25, -0.2) is 4.39 Å². The van der Waals surface area contributed by atoms with Crippen LogP contribution >= 0.6 is 0 Å². The van der Waals surface area contributed by atoms with Gasteiger partial charge in [-0.3, -0.25) is 14.5 Å². The van der Waals surface area contributed by atoms with Crippen LogP contribution in [0.1, 0.15) is 18.7 Å². The predicted molar refractivity (Wildman–Crippen MR) is 94.8 cm³/mol. The molecular formula is C18H17FN6O2. The minimum Gasteiger partial charge on any atom is -0.368 e. The molecular weight excluding hydrogens is 351 g/mol. The van der Waals surface area contributed by atoms with E-state index in [9.17, 15) is 14.0 Å². The van der Waals surface area contributed by atoms with Gasteiger partial charge in [0, 0.05) is 5.69 Å². The van der Waals surface area contributed by atoms with E-state index in [4.69, 9.17) is 5.73 Å². The van der Waals surface area contributed by atoms with Crippen LogP contribution in [-0.4, -0.2) is 31.7 Å². The fraction of sp³-hybridized carbons (Fsp3) is 0.278. The zero-order valence-corrected chi connectivity index (χ0v) is 14.3. The second-order valence-corrected chi connectivity index (χ2v) is 6.48. The van der Waals surface area contributed by atoms with Gasteiger partial charge in [-0.1, -0.05) is 12.2 Å². The SMILES string of the molecule is Nc1nc(CN2C(=O)[C@H]3CC=CC[C@H]3C2=O)nc(Nc2ccc(F)cc2)n1. The number of benzene rings is 1. The van der Waals surface area contributed by atoms with Crippen molar-refractivity contribution in [3.8, 4) is 0 Å². The molecule has 1 aromatic heterocycles. The van der Waals surface area contributed by atoms with Gasteiger partial charge in [0.15, 0.2) is 5.82 Å². The lowest BCUT2D eigenvalue weighted by Gasteiger charge is -2.14. The van der Waals surface area contributed by atoms with Crippen LogP contribution in [0.4, 0.5) is 22.0 Å². The van der Waals surface area contributed by atoms with Crippen molar-refractivity contribution in [2.75, 3.05) is 11.1 Å². The Morgan fingerprint density at radius 3 is 2.30 bits per heavy atom. The van der Waals surface area contributed by atoms with Crippen molar-refractivity contribution < 1.29 is 14.0 Å². The number of imide groups is 1. The van der Waals surface area contributed by atoms with E-state index in [1.165, 1.54) is 29.2 Å². The second-order valence-electron chi connectivity index (χ2n) is 6.48. The van der Waals surface area contributed by atoms with Gasteiger partial charge in [-0.05, 0) is 37.1 Å². The van der Waals surface area contributed by atoms with Crippen LogP contribution in [-0.2, 0) is 16.1 Å². The van der Waals surface area contributed by atoms with Crippen LogP contribution in [0, 0.1) is 17.7 Å². The summed E-state index contributed by atoms with van der Waals surface area (Å²) >= 11 is 0. The Hall–Kier alpha value is -3.36.